The molecule has 6 heteroatoms. The highest BCUT2D eigenvalue weighted by Crippen LogP contribution is 2.31. The van der Waals surface area contributed by atoms with E-state index in [0.717, 1.165) is 16.7 Å². The average molecular weight is 505 g/mol. The second kappa shape index (κ2) is 13.5. The molecule has 2 heterocycles. The number of carbonyl (C=O) groups is 2. The molecule has 0 aliphatic carbocycles. The molecule has 0 bridgehead atoms. The van der Waals surface area contributed by atoms with Gasteiger partial charge in [-0.2, -0.15) is 0 Å². The van der Waals surface area contributed by atoms with Crippen LogP contribution >= 0.6 is 0 Å². The summed E-state index contributed by atoms with van der Waals surface area (Å²) in [5.41, 5.74) is 3.24. The van der Waals surface area contributed by atoms with Gasteiger partial charge in [0, 0.05) is 38.0 Å². The molecule has 198 valence electrons. The van der Waals surface area contributed by atoms with Gasteiger partial charge in [-0.15, -0.1) is 0 Å². The van der Waals surface area contributed by atoms with Crippen LogP contribution in [-0.2, 0) is 31.9 Å². The average Bonchev–Trinajstić information content (AvgIpc) is 2.96. The van der Waals surface area contributed by atoms with Crippen LogP contribution < -0.4 is 0 Å². The predicted octanol–water partition coefficient (Wildman–Crippen LogP) is 4.00. The summed E-state index contributed by atoms with van der Waals surface area (Å²) >= 11 is 0. The SMILES string of the molecule is C=C(C[C@@H](Cc1ccccc1)C(=O)N1CCOCC1)[C@H](C)[C@H](Cc1ccccc1)C(=O)N1CCOCC1. The third-order valence-corrected chi connectivity index (χ3v) is 7.69. The molecule has 0 radical (unpaired) electrons. The normalized spacial score (nSPS) is 18.6. The van der Waals surface area contributed by atoms with E-state index in [1.165, 1.54) is 0 Å². The van der Waals surface area contributed by atoms with E-state index in [1.54, 1.807) is 0 Å². The number of nitrogens with zero attached hydrogens (tertiary/aromatic N) is 2. The maximum absolute atomic E-state index is 13.7. The van der Waals surface area contributed by atoms with E-state index in [0.29, 0.717) is 71.9 Å². The molecular weight excluding hydrogens is 464 g/mol. The monoisotopic (exact) mass is 504 g/mol. The number of allylic oxidation sites excluding steroid dienone is 1. The molecule has 2 aromatic rings. The molecule has 2 fully saturated rings. The van der Waals surface area contributed by atoms with E-state index in [1.807, 2.05) is 46.2 Å². The number of ether oxygens (including phenoxy) is 2. The largest absolute Gasteiger partial charge is 0.378 e. The smallest absolute Gasteiger partial charge is 0.226 e. The van der Waals surface area contributed by atoms with Crippen LogP contribution in [0, 0.1) is 17.8 Å². The number of hydrogen-bond donors (Lipinski definition) is 0. The quantitative estimate of drug-likeness (QED) is 0.459. The van der Waals surface area contributed by atoms with Crippen molar-refractivity contribution in [3.8, 4) is 0 Å². The number of hydrogen-bond acceptors (Lipinski definition) is 4. The first kappa shape index (κ1) is 27.1. The minimum Gasteiger partial charge on any atom is -0.378 e. The maximum atomic E-state index is 13.7. The lowest BCUT2D eigenvalue weighted by Crippen LogP contribution is -2.46. The fourth-order valence-corrected chi connectivity index (χ4v) is 5.34. The van der Waals surface area contributed by atoms with E-state index in [9.17, 15) is 9.59 Å². The van der Waals surface area contributed by atoms with Gasteiger partial charge >= 0.3 is 0 Å². The highest BCUT2D eigenvalue weighted by molar-refractivity contribution is 5.81. The fraction of sp³-hybridized carbons (Fsp3) is 0.484. The molecule has 0 saturated carbocycles. The predicted molar refractivity (Wildman–Crippen MR) is 145 cm³/mol. The molecule has 2 aromatic carbocycles. The van der Waals surface area contributed by atoms with Gasteiger partial charge in [0.1, 0.15) is 0 Å². The van der Waals surface area contributed by atoms with E-state index in [-0.39, 0.29) is 29.6 Å². The number of carbonyl (C=O) groups excluding carboxylic acids is 2. The number of rotatable bonds is 10. The maximum Gasteiger partial charge on any atom is 0.226 e. The molecule has 0 spiro atoms. The Labute approximate surface area is 221 Å². The Kier molecular flexibility index (Phi) is 9.92. The van der Waals surface area contributed by atoms with Gasteiger partial charge < -0.3 is 19.3 Å². The second-order valence-corrected chi connectivity index (χ2v) is 10.2. The second-order valence-electron chi connectivity index (χ2n) is 10.2. The molecule has 2 saturated heterocycles. The summed E-state index contributed by atoms with van der Waals surface area (Å²) in [5, 5.41) is 0. The topological polar surface area (TPSA) is 59.1 Å². The third kappa shape index (κ3) is 7.53. The fourth-order valence-electron chi connectivity index (χ4n) is 5.34. The lowest BCUT2D eigenvalue weighted by atomic mass is 9.78. The van der Waals surface area contributed by atoms with Crippen molar-refractivity contribution in [2.24, 2.45) is 17.8 Å². The zero-order valence-electron chi connectivity index (χ0n) is 22.0. The van der Waals surface area contributed by atoms with E-state index in [4.69, 9.17) is 9.47 Å². The van der Waals surface area contributed by atoms with Crippen LogP contribution in [0.4, 0.5) is 0 Å². The van der Waals surface area contributed by atoms with Crippen molar-refractivity contribution in [3.05, 3.63) is 83.9 Å². The first-order valence-corrected chi connectivity index (χ1v) is 13.5. The lowest BCUT2D eigenvalue weighted by Gasteiger charge is -2.35. The molecule has 37 heavy (non-hydrogen) atoms. The molecule has 2 aliphatic rings. The Morgan fingerprint density at radius 2 is 1.22 bits per heavy atom. The summed E-state index contributed by atoms with van der Waals surface area (Å²) in [5.74, 6) is -0.207. The molecule has 6 nitrogen and oxygen atoms in total. The van der Waals surface area contributed by atoms with Crippen LogP contribution in [0.15, 0.2) is 72.8 Å². The van der Waals surface area contributed by atoms with Gasteiger partial charge in [-0.25, -0.2) is 0 Å². The highest BCUT2D eigenvalue weighted by atomic mass is 16.5. The van der Waals surface area contributed by atoms with Crippen LogP contribution in [0.5, 0.6) is 0 Å². The van der Waals surface area contributed by atoms with Crippen LogP contribution in [-0.4, -0.2) is 74.2 Å². The van der Waals surface area contributed by atoms with Crippen molar-refractivity contribution in [1.82, 2.24) is 9.80 Å². The summed E-state index contributed by atoms with van der Waals surface area (Å²) in [6.45, 7) is 11.4. The van der Waals surface area contributed by atoms with Gasteiger partial charge in [-0.1, -0.05) is 79.7 Å². The minimum absolute atomic E-state index is 0.0636. The first-order valence-electron chi connectivity index (χ1n) is 13.5. The van der Waals surface area contributed by atoms with Crippen LogP contribution in [0.25, 0.3) is 0 Å². The summed E-state index contributed by atoms with van der Waals surface area (Å²) in [7, 11) is 0. The Hall–Kier alpha value is -2.96. The summed E-state index contributed by atoms with van der Waals surface area (Å²) < 4.78 is 11.0. The number of morpholine rings is 2. The molecular formula is C31H40N2O4. The van der Waals surface area contributed by atoms with Crippen molar-refractivity contribution in [2.75, 3.05) is 52.6 Å². The van der Waals surface area contributed by atoms with Crippen molar-refractivity contribution in [3.63, 3.8) is 0 Å². The number of benzene rings is 2. The summed E-state index contributed by atoms with van der Waals surface area (Å²) in [4.78, 5) is 31.2. The van der Waals surface area contributed by atoms with Crippen LogP contribution in [0.2, 0.25) is 0 Å². The molecule has 0 unspecified atom stereocenters. The Morgan fingerprint density at radius 1 is 0.757 bits per heavy atom. The van der Waals surface area contributed by atoms with Gasteiger partial charge in [-0.3, -0.25) is 9.59 Å². The van der Waals surface area contributed by atoms with Crippen molar-refractivity contribution < 1.29 is 19.1 Å². The molecule has 0 aromatic heterocycles. The van der Waals surface area contributed by atoms with Gasteiger partial charge in [0.25, 0.3) is 0 Å². The van der Waals surface area contributed by atoms with Gasteiger partial charge in [0.2, 0.25) is 11.8 Å². The van der Waals surface area contributed by atoms with Crippen LogP contribution in [0.3, 0.4) is 0 Å². The van der Waals surface area contributed by atoms with E-state index >= 15 is 0 Å². The van der Waals surface area contributed by atoms with E-state index in [2.05, 4.69) is 37.8 Å². The summed E-state index contributed by atoms with van der Waals surface area (Å²) in [6, 6.07) is 20.4. The van der Waals surface area contributed by atoms with Crippen molar-refractivity contribution in [1.29, 1.82) is 0 Å². The molecule has 2 amide bonds. The third-order valence-electron chi connectivity index (χ3n) is 7.69. The van der Waals surface area contributed by atoms with Crippen molar-refractivity contribution in [2.45, 2.75) is 26.2 Å². The van der Waals surface area contributed by atoms with Gasteiger partial charge in [-0.05, 0) is 36.3 Å². The Bertz CT molecular complexity index is 1010. The minimum atomic E-state index is -0.233. The van der Waals surface area contributed by atoms with E-state index < -0.39 is 0 Å². The summed E-state index contributed by atoms with van der Waals surface area (Å²) in [6.07, 6.45) is 1.87. The molecule has 0 N–H and O–H groups in total. The zero-order valence-corrected chi connectivity index (χ0v) is 22.0. The van der Waals surface area contributed by atoms with Gasteiger partial charge in [0.05, 0.1) is 26.4 Å². The first-order chi connectivity index (χ1) is 18.0. The van der Waals surface area contributed by atoms with Crippen LogP contribution in [0.1, 0.15) is 24.5 Å². The zero-order chi connectivity index (χ0) is 26.0. The van der Waals surface area contributed by atoms with Gasteiger partial charge in [0.15, 0.2) is 0 Å². The lowest BCUT2D eigenvalue weighted by molar-refractivity contribution is -0.140. The molecule has 3 atom stereocenters. The standard InChI is InChI=1S/C31H40N2O4/c1-24(21-28(22-26-9-5-3-6-10-26)30(34)32-13-17-36-18-14-32)25(2)29(23-27-11-7-4-8-12-27)31(35)33-15-19-37-20-16-33/h3-12,25,28-29H,1,13-23H2,2H3/t25-,28-,29-/m0/s1. The van der Waals surface area contributed by atoms with Crippen molar-refractivity contribution >= 4 is 11.8 Å². The Morgan fingerprint density at radius 3 is 1.73 bits per heavy atom. The highest BCUT2D eigenvalue weighted by Gasteiger charge is 2.34. The molecule has 4 rings (SSSR count). The molecule has 2 aliphatic heterocycles. The number of amides is 2. The Balaban J connectivity index is 1.52.